The third-order valence-corrected chi connectivity index (χ3v) is 7.54. The Hall–Kier alpha value is -4.65. The van der Waals surface area contributed by atoms with Crippen molar-refractivity contribution in [3.8, 4) is 17.6 Å². The molecule has 4 aromatic rings. The molecular weight excluding hydrogens is 470 g/mol. The summed E-state index contributed by atoms with van der Waals surface area (Å²) in [4.78, 5) is 24.9. The quantitative estimate of drug-likeness (QED) is 0.421. The summed E-state index contributed by atoms with van der Waals surface area (Å²) in [5, 5.41) is 20.9. The molecule has 10 heteroatoms. The number of pyridine rings is 1. The van der Waals surface area contributed by atoms with Crippen molar-refractivity contribution >= 4 is 17.3 Å². The highest BCUT2D eigenvalue weighted by atomic mass is 16.5. The Kier molecular flexibility index (Phi) is 5.22. The summed E-state index contributed by atoms with van der Waals surface area (Å²) < 4.78 is 9.37. The molecule has 2 aliphatic rings. The van der Waals surface area contributed by atoms with Crippen LogP contribution in [0.3, 0.4) is 0 Å². The number of nitrogens with zero attached hydrogens (tertiary/aromatic N) is 5. The van der Waals surface area contributed by atoms with Crippen LogP contribution in [0, 0.1) is 23.7 Å². The first kappa shape index (κ1) is 22.8. The smallest absolute Gasteiger partial charge is 0.256 e. The van der Waals surface area contributed by atoms with E-state index in [-0.39, 0.29) is 29.3 Å². The molecule has 0 aliphatic heterocycles. The molecule has 37 heavy (non-hydrogen) atoms. The van der Waals surface area contributed by atoms with E-state index in [1.54, 1.807) is 39.8 Å². The van der Waals surface area contributed by atoms with Gasteiger partial charge in [-0.2, -0.15) is 10.4 Å². The number of amides is 2. The summed E-state index contributed by atoms with van der Waals surface area (Å²) in [5.41, 5.74) is 9.31. The van der Waals surface area contributed by atoms with Gasteiger partial charge in [-0.3, -0.25) is 9.59 Å². The van der Waals surface area contributed by atoms with Gasteiger partial charge in [0.25, 0.3) is 11.8 Å². The SMILES string of the molecule is Cc1c(C(=O)NC2CC3(C2)CC(Oc2nn4ccccc4c2C(N)=O)C3)cnn1-c1ccc(C#N)cc1. The number of nitriles is 1. The van der Waals surface area contributed by atoms with Crippen LogP contribution in [-0.4, -0.2) is 43.4 Å². The van der Waals surface area contributed by atoms with E-state index in [1.807, 2.05) is 31.2 Å². The van der Waals surface area contributed by atoms with Crippen LogP contribution < -0.4 is 15.8 Å². The molecule has 2 amide bonds. The van der Waals surface area contributed by atoms with Crippen LogP contribution in [0.1, 0.15) is 57.7 Å². The summed E-state index contributed by atoms with van der Waals surface area (Å²) in [6.07, 6.45) is 6.77. The van der Waals surface area contributed by atoms with Crippen LogP contribution in [-0.2, 0) is 0 Å². The molecular formula is C27H25N7O3. The fraction of sp³-hybridized carbons (Fsp3) is 0.296. The van der Waals surface area contributed by atoms with E-state index in [9.17, 15) is 9.59 Å². The highest BCUT2D eigenvalue weighted by Gasteiger charge is 2.54. The molecule has 2 fully saturated rings. The number of hydrogen-bond acceptors (Lipinski definition) is 6. The van der Waals surface area contributed by atoms with Gasteiger partial charge in [-0.1, -0.05) is 6.07 Å². The molecule has 186 valence electrons. The van der Waals surface area contributed by atoms with Crippen LogP contribution in [0.2, 0.25) is 0 Å². The molecule has 0 bridgehead atoms. The number of ether oxygens (including phenoxy) is 1. The molecule has 2 aliphatic carbocycles. The monoisotopic (exact) mass is 495 g/mol. The van der Waals surface area contributed by atoms with Gasteiger partial charge in [0, 0.05) is 12.2 Å². The molecule has 10 nitrogen and oxygen atoms in total. The molecule has 3 heterocycles. The minimum Gasteiger partial charge on any atom is -0.473 e. The maximum Gasteiger partial charge on any atom is 0.256 e. The number of nitrogens with one attached hydrogen (secondary N) is 1. The van der Waals surface area contributed by atoms with Gasteiger partial charge in [-0.05, 0) is 74.4 Å². The molecule has 3 aromatic heterocycles. The second-order valence-corrected chi connectivity index (χ2v) is 10.0. The van der Waals surface area contributed by atoms with E-state index in [0.717, 1.165) is 37.1 Å². The molecule has 0 atom stereocenters. The van der Waals surface area contributed by atoms with Crippen molar-refractivity contribution in [2.75, 3.05) is 0 Å². The average molecular weight is 496 g/mol. The van der Waals surface area contributed by atoms with Crippen molar-refractivity contribution in [3.63, 3.8) is 0 Å². The zero-order valence-corrected chi connectivity index (χ0v) is 20.2. The average Bonchev–Trinajstić information content (AvgIpc) is 3.41. The molecule has 3 N–H and O–H groups in total. The first-order valence-electron chi connectivity index (χ1n) is 12.2. The second kappa shape index (κ2) is 8.48. The predicted molar refractivity (Wildman–Crippen MR) is 133 cm³/mol. The summed E-state index contributed by atoms with van der Waals surface area (Å²) in [6.45, 7) is 1.86. The normalized spacial score (nSPS) is 22.2. The largest absolute Gasteiger partial charge is 0.473 e. The van der Waals surface area contributed by atoms with Gasteiger partial charge in [-0.25, -0.2) is 9.20 Å². The van der Waals surface area contributed by atoms with E-state index in [1.165, 1.54) is 0 Å². The van der Waals surface area contributed by atoms with Crippen molar-refractivity contribution in [3.05, 3.63) is 77.2 Å². The third kappa shape index (κ3) is 3.89. The summed E-state index contributed by atoms with van der Waals surface area (Å²) >= 11 is 0. The standard InChI is InChI=1S/C27H25N7O3/c1-16-21(15-30-34(16)19-7-5-17(14-28)6-8-19)25(36)31-18-10-27(11-18)12-20(13-27)37-26-23(24(29)35)22-4-2-3-9-33(22)32-26/h2-9,15,18,20H,10-13H2,1H3,(H2,29,35)(H,31,36). The van der Waals surface area contributed by atoms with Gasteiger partial charge in [-0.15, -0.1) is 5.10 Å². The van der Waals surface area contributed by atoms with Gasteiger partial charge >= 0.3 is 0 Å². The molecule has 1 aromatic carbocycles. The first-order chi connectivity index (χ1) is 17.9. The van der Waals surface area contributed by atoms with Gasteiger partial charge < -0.3 is 15.8 Å². The molecule has 0 saturated heterocycles. The Morgan fingerprint density at radius 3 is 2.62 bits per heavy atom. The van der Waals surface area contributed by atoms with Crippen molar-refractivity contribution < 1.29 is 14.3 Å². The Labute approximate surface area is 212 Å². The summed E-state index contributed by atoms with van der Waals surface area (Å²) in [7, 11) is 0. The Morgan fingerprint density at radius 2 is 1.92 bits per heavy atom. The van der Waals surface area contributed by atoms with E-state index in [0.29, 0.717) is 22.2 Å². The predicted octanol–water partition coefficient (Wildman–Crippen LogP) is 2.92. The lowest BCUT2D eigenvalue weighted by atomic mass is 9.53. The second-order valence-electron chi connectivity index (χ2n) is 10.0. The first-order valence-corrected chi connectivity index (χ1v) is 12.2. The van der Waals surface area contributed by atoms with Gasteiger partial charge in [0.05, 0.1) is 40.3 Å². The zero-order valence-electron chi connectivity index (χ0n) is 20.2. The van der Waals surface area contributed by atoms with Gasteiger partial charge in [0.1, 0.15) is 11.7 Å². The van der Waals surface area contributed by atoms with Crippen LogP contribution in [0.4, 0.5) is 0 Å². The lowest BCUT2D eigenvalue weighted by Gasteiger charge is -2.57. The third-order valence-electron chi connectivity index (χ3n) is 7.54. The Morgan fingerprint density at radius 1 is 1.16 bits per heavy atom. The molecule has 0 radical (unpaired) electrons. The van der Waals surface area contributed by atoms with Gasteiger partial charge in [0.2, 0.25) is 5.88 Å². The van der Waals surface area contributed by atoms with Crippen LogP contribution in [0.25, 0.3) is 11.2 Å². The van der Waals surface area contributed by atoms with Gasteiger partial charge in [0.15, 0.2) is 0 Å². The number of carbonyl (C=O) groups excluding carboxylic acids is 2. The van der Waals surface area contributed by atoms with Crippen molar-refractivity contribution in [1.29, 1.82) is 5.26 Å². The number of carbonyl (C=O) groups is 2. The number of nitrogens with two attached hydrogens (primary N) is 1. The molecule has 2 saturated carbocycles. The number of fused-ring (bicyclic) bond motifs is 1. The highest BCUT2D eigenvalue weighted by Crippen LogP contribution is 2.57. The van der Waals surface area contributed by atoms with Crippen molar-refractivity contribution in [2.45, 2.75) is 44.8 Å². The lowest BCUT2D eigenvalue weighted by molar-refractivity contribution is -0.0848. The fourth-order valence-corrected chi connectivity index (χ4v) is 5.69. The molecule has 0 unspecified atom stereocenters. The van der Waals surface area contributed by atoms with Crippen LogP contribution in [0.15, 0.2) is 54.9 Å². The van der Waals surface area contributed by atoms with E-state index >= 15 is 0 Å². The Bertz CT molecular complexity index is 1560. The number of aromatic nitrogens is 4. The van der Waals surface area contributed by atoms with Crippen LogP contribution in [0.5, 0.6) is 5.88 Å². The van der Waals surface area contributed by atoms with Crippen LogP contribution >= 0.6 is 0 Å². The summed E-state index contributed by atoms with van der Waals surface area (Å²) in [5.74, 6) is -0.424. The van der Waals surface area contributed by atoms with E-state index in [2.05, 4.69) is 21.6 Å². The highest BCUT2D eigenvalue weighted by molar-refractivity contribution is 6.02. The Balaban J connectivity index is 1.05. The van der Waals surface area contributed by atoms with E-state index < -0.39 is 5.91 Å². The number of primary amides is 1. The number of benzene rings is 1. The lowest BCUT2D eigenvalue weighted by Crippen LogP contribution is -2.58. The van der Waals surface area contributed by atoms with Crippen molar-refractivity contribution in [2.24, 2.45) is 11.1 Å². The maximum absolute atomic E-state index is 12.9. The maximum atomic E-state index is 12.9. The number of rotatable bonds is 6. The minimum absolute atomic E-state index is 0.0347. The van der Waals surface area contributed by atoms with Crippen molar-refractivity contribution in [1.82, 2.24) is 24.7 Å². The summed E-state index contributed by atoms with van der Waals surface area (Å²) in [6, 6.07) is 14.7. The fourth-order valence-electron chi connectivity index (χ4n) is 5.69. The van der Waals surface area contributed by atoms with E-state index in [4.69, 9.17) is 15.7 Å². The topological polar surface area (TPSA) is 140 Å². The molecule has 1 spiro atoms. The minimum atomic E-state index is -0.561. The molecule has 6 rings (SSSR count). The zero-order chi connectivity index (χ0) is 25.7. The number of hydrogen-bond donors (Lipinski definition) is 2.